The van der Waals surface area contributed by atoms with Gasteiger partial charge in [-0.3, -0.25) is 9.59 Å². The van der Waals surface area contributed by atoms with Crippen LogP contribution in [0.15, 0.2) is 0 Å². The molecule has 0 rings (SSSR count). The van der Waals surface area contributed by atoms with Gasteiger partial charge in [-0.1, -0.05) is 5.92 Å². The van der Waals surface area contributed by atoms with Gasteiger partial charge in [-0.15, -0.1) is 0 Å². The van der Waals surface area contributed by atoms with Crippen LogP contribution in [0.4, 0.5) is 0 Å². The number of carbonyl (C=O) groups is 2. The largest absolute Gasteiger partial charge is 0.469 e. The molecule has 12 heavy (non-hydrogen) atoms. The fourth-order valence-electron chi connectivity index (χ4n) is 0.702. The average Bonchev–Trinajstić information content (AvgIpc) is 2.00. The second-order valence-electron chi connectivity index (χ2n) is 3.02. The summed E-state index contributed by atoms with van der Waals surface area (Å²) in [6.07, 6.45) is 0.712. The van der Waals surface area contributed by atoms with Gasteiger partial charge in [0.25, 0.3) is 0 Å². The summed E-state index contributed by atoms with van der Waals surface area (Å²) in [5, 5.41) is 0. The highest BCUT2D eigenvalue weighted by atomic mass is 16.5. The first-order chi connectivity index (χ1) is 5.52. The topological polar surface area (TPSA) is 43.4 Å². The number of ether oxygens (including phenoxy) is 1. The van der Waals surface area contributed by atoms with E-state index in [0.29, 0.717) is 6.29 Å². The van der Waals surface area contributed by atoms with Crippen molar-refractivity contribution in [1.29, 1.82) is 0 Å². The highest BCUT2D eigenvalue weighted by molar-refractivity contribution is 5.74. The molecule has 0 aromatic rings. The number of carbonyl (C=O) groups excluding carboxylic acids is 2. The molecule has 0 aliphatic heterocycles. The second kappa shape index (κ2) is 4.55. The predicted octanol–water partition coefficient (Wildman–Crippen LogP) is 0.778. The number of aldehydes is 1. The zero-order valence-corrected chi connectivity index (χ0v) is 7.51. The maximum Gasteiger partial charge on any atom is 0.307 e. The Hall–Kier alpha value is -1.30. The van der Waals surface area contributed by atoms with Crippen LogP contribution in [0.2, 0.25) is 0 Å². The van der Waals surface area contributed by atoms with E-state index in [2.05, 4.69) is 16.6 Å². The lowest BCUT2D eigenvalue weighted by atomic mass is 9.90. The maximum atomic E-state index is 10.8. The lowest BCUT2D eigenvalue weighted by molar-refractivity contribution is -0.142. The Labute approximate surface area is 72.1 Å². The fraction of sp³-hybridized carbons (Fsp3) is 0.556. The van der Waals surface area contributed by atoms with E-state index in [1.165, 1.54) is 7.11 Å². The second-order valence-corrected chi connectivity index (χ2v) is 3.02. The van der Waals surface area contributed by atoms with E-state index in [-0.39, 0.29) is 12.4 Å². The van der Waals surface area contributed by atoms with Crippen molar-refractivity contribution in [3.8, 4) is 11.8 Å². The fourth-order valence-corrected chi connectivity index (χ4v) is 0.702. The van der Waals surface area contributed by atoms with Crippen LogP contribution in [0.1, 0.15) is 20.3 Å². The first-order valence-electron chi connectivity index (χ1n) is 3.55. The average molecular weight is 168 g/mol. The summed E-state index contributed by atoms with van der Waals surface area (Å²) in [5.41, 5.74) is -0.492. The van der Waals surface area contributed by atoms with Crippen LogP contribution in [0.5, 0.6) is 0 Å². The Bertz CT molecular complexity index is 230. The van der Waals surface area contributed by atoms with Gasteiger partial charge in [0.15, 0.2) is 6.29 Å². The van der Waals surface area contributed by atoms with Crippen molar-refractivity contribution in [2.24, 2.45) is 5.41 Å². The number of hydrogen-bond donors (Lipinski definition) is 0. The summed E-state index contributed by atoms with van der Waals surface area (Å²) in [7, 11) is 1.32. The molecular weight excluding hydrogens is 156 g/mol. The molecule has 0 aromatic carbocycles. The van der Waals surface area contributed by atoms with E-state index < -0.39 is 5.41 Å². The summed E-state index contributed by atoms with van der Waals surface area (Å²) in [6, 6.07) is 0. The van der Waals surface area contributed by atoms with Crippen LogP contribution in [0.25, 0.3) is 0 Å². The Morgan fingerprint density at radius 2 is 2.17 bits per heavy atom. The quantitative estimate of drug-likeness (QED) is 0.347. The Morgan fingerprint density at radius 3 is 2.58 bits per heavy atom. The van der Waals surface area contributed by atoms with Crippen molar-refractivity contribution in [3.05, 3.63) is 0 Å². The number of esters is 1. The van der Waals surface area contributed by atoms with E-state index >= 15 is 0 Å². The molecule has 0 N–H and O–H groups in total. The van der Waals surface area contributed by atoms with Crippen molar-refractivity contribution in [3.63, 3.8) is 0 Å². The van der Waals surface area contributed by atoms with Gasteiger partial charge in [0.05, 0.1) is 13.5 Å². The minimum atomic E-state index is -0.492. The third-order valence-electron chi connectivity index (χ3n) is 1.28. The van der Waals surface area contributed by atoms with Crippen LogP contribution >= 0.6 is 0 Å². The van der Waals surface area contributed by atoms with Crippen molar-refractivity contribution >= 4 is 12.3 Å². The van der Waals surface area contributed by atoms with E-state index in [1.54, 1.807) is 13.8 Å². The Kier molecular flexibility index (Phi) is 4.06. The molecule has 0 aliphatic carbocycles. The third-order valence-corrected chi connectivity index (χ3v) is 1.28. The Morgan fingerprint density at radius 1 is 1.58 bits per heavy atom. The Balaban J connectivity index is 4.21. The van der Waals surface area contributed by atoms with E-state index in [0.717, 1.165) is 0 Å². The van der Waals surface area contributed by atoms with Crippen molar-refractivity contribution < 1.29 is 14.3 Å². The van der Waals surface area contributed by atoms with Crippen molar-refractivity contribution in [2.75, 3.05) is 7.11 Å². The molecule has 0 heterocycles. The number of methoxy groups -OCH3 is 1. The first-order valence-corrected chi connectivity index (χ1v) is 3.55. The zero-order chi connectivity index (χ0) is 9.61. The van der Waals surface area contributed by atoms with Gasteiger partial charge in [0.2, 0.25) is 0 Å². The normalized spacial score (nSPS) is 9.58. The van der Waals surface area contributed by atoms with E-state index in [4.69, 9.17) is 0 Å². The minimum absolute atomic E-state index is 0.199. The summed E-state index contributed by atoms with van der Waals surface area (Å²) in [4.78, 5) is 20.7. The highest BCUT2D eigenvalue weighted by Crippen LogP contribution is 2.18. The molecule has 0 radical (unpaired) electrons. The molecule has 0 spiro atoms. The summed E-state index contributed by atoms with van der Waals surface area (Å²) in [6.45, 7) is 3.56. The van der Waals surface area contributed by atoms with Crippen LogP contribution in [0, 0.1) is 17.3 Å². The van der Waals surface area contributed by atoms with Gasteiger partial charge < -0.3 is 4.74 Å². The van der Waals surface area contributed by atoms with Crippen LogP contribution in [-0.2, 0) is 14.3 Å². The van der Waals surface area contributed by atoms with Crippen molar-refractivity contribution in [1.82, 2.24) is 0 Å². The molecule has 0 atom stereocenters. The maximum absolute atomic E-state index is 10.8. The molecule has 3 heteroatoms. The number of rotatable bonds is 2. The molecule has 0 amide bonds. The molecule has 0 unspecified atom stereocenters. The summed E-state index contributed by atoms with van der Waals surface area (Å²) < 4.78 is 4.47. The molecule has 66 valence electrons. The van der Waals surface area contributed by atoms with Gasteiger partial charge in [0, 0.05) is 5.41 Å². The lowest BCUT2D eigenvalue weighted by Gasteiger charge is -2.14. The van der Waals surface area contributed by atoms with E-state index in [9.17, 15) is 9.59 Å². The molecule has 0 aliphatic rings. The third kappa shape index (κ3) is 4.51. The minimum Gasteiger partial charge on any atom is -0.469 e. The zero-order valence-electron chi connectivity index (χ0n) is 7.51. The van der Waals surface area contributed by atoms with Crippen molar-refractivity contribution in [2.45, 2.75) is 20.3 Å². The van der Waals surface area contributed by atoms with Gasteiger partial charge >= 0.3 is 5.97 Å². The molecule has 0 saturated heterocycles. The van der Waals surface area contributed by atoms with Crippen LogP contribution < -0.4 is 0 Å². The number of hydrogen-bond acceptors (Lipinski definition) is 3. The van der Waals surface area contributed by atoms with Crippen LogP contribution in [-0.4, -0.2) is 19.4 Å². The molecular formula is C9H12O3. The molecule has 0 bridgehead atoms. The van der Waals surface area contributed by atoms with Gasteiger partial charge in [-0.25, -0.2) is 0 Å². The van der Waals surface area contributed by atoms with E-state index in [1.807, 2.05) is 0 Å². The van der Waals surface area contributed by atoms with Gasteiger partial charge in [-0.05, 0) is 19.8 Å². The predicted molar refractivity (Wildman–Crippen MR) is 44.3 cm³/mol. The first kappa shape index (κ1) is 10.7. The van der Waals surface area contributed by atoms with Gasteiger partial charge in [0.1, 0.15) is 0 Å². The van der Waals surface area contributed by atoms with Crippen LogP contribution in [0.3, 0.4) is 0 Å². The van der Waals surface area contributed by atoms with Gasteiger partial charge in [-0.2, -0.15) is 0 Å². The highest BCUT2D eigenvalue weighted by Gasteiger charge is 2.19. The lowest BCUT2D eigenvalue weighted by Crippen LogP contribution is -2.16. The molecule has 0 fully saturated rings. The smallest absolute Gasteiger partial charge is 0.307 e. The summed E-state index contributed by atoms with van der Waals surface area (Å²) in [5.74, 6) is 4.62. The molecule has 0 saturated carbocycles. The SMILES string of the molecule is COC(=O)CC(C)(C)C#CC=O. The monoisotopic (exact) mass is 168 g/mol. The standard InChI is InChI=1S/C9H12O3/c1-9(2,5-4-6-10)7-8(11)12-3/h6H,7H2,1-3H3. The molecule has 0 aromatic heterocycles. The summed E-state index contributed by atoms with van der Waals surface area (Å²) >= 11 is 0. The molecule has 3 nitrogen and oxygen atoms in total.